The summed E-state index contributed by atoms with van der Waals surface area (Å²) in [4.78, 5) is 20.1. The molecule has 1 N–H and O–H groups in total. The van der Waals surface area contributed by atoms with Gasteiger partial charge in [0, 0.05) is 6.54 Å². The van der Waals surface area contributed by atoms with Gasteiger partial charge in [0.15, 0.2) is 0 Å². The number of likely N-dealkylation sites (N-methyl/N-ethyl adjacent to an activating group) is 1. The van der Waals surface area contributed by atoms with Gasteiger partial charge < -0.3 is 9.73 Å². The van der Waals surface area contributed by atoms with Crippen molar-refractivity contribution in [2.75, 3.05) is 20.6 Å². The smallest absolute Gasteiger partial charge is 0.271 e. The highest BCUT2D eigenvalue weighted by atomic mass is 32.1. The molecule has 3 aromatic rings. The van der Waals surface area contributed by atoms with Crippen molar-refractivity contribution in [1.82, 2.24) is 15.2 Å². The van der Waals surface area contributed by atoms with Gasteiger partial charge in [0.25, 0.3) is 5.91 Å². The van der Waals surface area contributed by atoms with E-state index in [1.807, 2.05) is 68.4 Å². The number of aromatic nitrogens is 1. The van der Waals surface area contributed by atoms with E-state index in [2.05, 4.69) is 10.3 Å². The van der Waals surface area contributed by atoms with Crippen LogP contribution in [0.1, 0.15) is 27.3 Å². The van der Waals surface area contributed by atoms with Crippen LogP contribution in [0.5, 0.6) is 0 Å². The van der Waals surface area contributed by atoms with Gasteiger partial charge in [-0.25, -0.2) is 4.98 Å². The van der Waals surface area contributed by atoms with Crippen LogP contribution < -0.4 is 5.32 Å². The molecule has 0 aliphatic rings. The second kappa shape index (κ2) is 7.63. The number of hydrogen-bond donors (Lipinski definition) is 1. The molecule has 5 nitrogen and oxygen atoms in total. The summed E-state index contributed by atoms with van der Waals surface area (Å²) in [7, 11) is 3.92. The zero-order valence-corrected chi connectivity index (χ0v) is 15.3. The lowest BCUT2D eigenvalue weighted by Gasteiger charge is -2.22. The first-order valence-electron chi connectivity index (χ1n) is 8.07. The molecule has 2 aromatic heterocycles. The van der Waals surface area contributed by atoms with Crippen molar-refractivity contribution in [2.45, 2.75) is 13.0 Å². The van der Waals surface area contributed by atoms with Crippen molar-refractivity contribution < 1.29 is 9.21 Å². The molecule has 0 fully saturated rings. The molecule has 0 aliphatic heterocycles. The Hall–Kier alpha value is -2.44. The second-order valence-corrected chi connectivity index (χ2v) is 7.18. The van der Waals surface area contributed by atoms with E-state index < -0.39 is 0 Å². The summed E-state index contributed by atoms with van der Waals surface area (Å²) in [5.74, 6) is 0.657. The van der Waals surface area contributed by atoms with E-state index in [4.69, 9.17) is 4.42 Å². The molecular weight excluding hydrogens is 334 g/mol. The van der Waals surface area contributed by atoms with Gasteiger partial charge in [-0.15, -0.1) is 11.3 Å². The van der Waals surface area contributed by atoms with E-state index in [1.54, 1.807) is 6.26 Å². The van der Waals surface area contributed by atoms with E-state index in [-0.39, 0.29) is 11.9 Å². The number of amides is 1. The van der Waals surface area contributed by atoms with E-state index in [9.17, 15) is 4.79 Å². The number of nitrogens with one attached hydrogen (secondary N) is 1. The standard InChI is InChI=1S/C19H21N3O2S/c1-13-21-17(18(25-13)14-8-5-4-6-9-14)19(23)20-12-15(22(2)3)16-10-7-11-24-16/h4-11,15H,12H2,1-3H3,(H,20,23). The topological polar surface area (TPSA) is 58.4 Å². The van der Waals surface area contributed by atoms with Crippen LogP contribution in [0, 0.1) is 6.92 Å². The monoisotopic (exact) mass is 355 g/mol. The van der Waals surface area contributed by atoms with Crippen LogP contribution in [0.25, 0.3) is 10.4 Å². The average molecular weight is 355 g/mol. The quantitative estimate of drug-likeness (QED) is 0.732. The molecule has 1 aromatic carbocycles. The maximum Gasteiger partial charge on any atom is 0.271 e. The first-order chi connectivity index (χ1) is 12.1. The van der Waals surface area contributed by atoms with Crippen molar-refractivity contribution >= 4 is 17.2 Å². The Balaban J connectivity index is 1.78. The molecular formula is C19H21N3O2S. The van der Waals surface area contributed by atoms with Crippen LogP contribution >= 0.6 is 11.3 Å². The van der Waals surface area contributed by atoms with Gasteiger partial charge in [0.05, 0.1) is 22.2 Å². The van der Waals surface area contributed by atoms with Gasteiger partial charge >= 0.3 is 0 Å². The zero-order chi connectivity index (χ0) is 17.8. The minimum Gasteiger partial charge on any atom is -0.468 e. The fourth-order valence-electron chi connectivity index (χ4n) is 2.66. The van der Waals surface area contributed by atoms with Gasteiger partial charge in [-0.2, -0.15) is 0 Å². The fraction of sp³-hybridized carbons (Fsp3) is 0.263. The summed E-state index contributed by atoms with van der Waals surface area (Å²) in [6, 6.07) is 13.6. The third kappa shape index (κ3) is 3.97. The van der Waals surface area contributed by atoms with Gasteiger partial charge in [0.2, 0.25) is 0 Å². The van der Waals surface area contributed by atoms with Crippen molar-refractivity contribution in [2.24, 2.45) is 0 Å². The minimum atomic E-state index is -0.165. The lowest BCUT2D eigenvalue weighted by Crippen LogP contribution is -2.34. The first-order valence-corrected chi connectivity index (χ1v) is 8.89. The van der Waals surface area contributed by atoms with Crippen molar-refractivity contribution in [3.8, 4) is 10.4 Å². The summed E-state index contributed by atoms with van der Waals surface area (Å²) < 4.78 is 5.49. The molecule has 0 saturated heterocycles. The average Bonchev–Trinajstić information content (AvgIpc) is 3.25. The van der Waals surface area contributed by atoms with Crippen molar-refractivity contribution in [3.63, 3.8) is 0 Å². The molecule has 1 amide bonds. The molecule has 25 heavy (non-hydrogen) atoms. The third-order valence-corrected chi connectivity index (χ3v) is 4.96. The largest absolute Gasteiger partial charge is 0.468 e. The lowest BCUT2D eigenvalue weighted by molar-refractivity contribution is 0.0935. The van der Waals surface area contributed by atoms with E-state index in [1.165, 1.54) is 11.3 Å². The Morgan fingerprint density at radius 3 is 2.64 bits per heavy atom. The Bertz CT molecular complexity index is 826. The normalized spacial score (nSPS) is 12.3. The number of nitrogens with zero attached hydrogens (tertiary/aromatic N) is 2. The number of benzene rings is 1. The molecule has 0 aliphatic carbocycles. The van der Waals surface area contributed by atoms with Crippen LogP contribution in [0.15, 0.2) is 53.1 Å². The van der Waals surface area contributed by atoms with Gasteiger partial charge in [-0.05, 0) is 38.7 Å². The predicted molar refractivity (Wildman–Crippen MR) is 99.8 cm³/mol. The molecule has 130 valence electrons. The fourth-order valence-corrected chi connectivity index (χ4v) is 3.58. The summed E-state index contributed by atoms with van der Waals surface area (Å²) in [6.07, 6.45) is 1.64. The first kappa shape index (κ1) is 17.4. The SMILES string of the molecule is Cc1nc(C(=O)NCC(c2ccco2)N(C)C)c(-c2ccccc2)s1. The van der Waals surface area contributed by atoms with Crippen LogP contribution in [-0.2, 0) is 0 Å². The molecule has 0 saturated carbocycles. The number of rotatable bonds is 6. The molecule has 1 unspecified atom stereocenters. The van der Waals surface area contributed by atoms with Gasteiger partial charge in [-0.1, -0.05) is 30.3 Å². The zero-order valence-electron chi connectivity index (χ0n) is 14.5. The second-order valence-electron chi connectivity index (χ2n) is 5.98. The van der Waals surface area contributed by atoms with Crippen molar-refractivity contribution in [1.29, 1.82) is 0 Å². The van der Waals surface area contributed by atoms with Gasteiger partial charge in [-0.3, -0.25) is 9.69 Å². The minimum absolute atomic E-state index is 0.0288. The van der Waals surface area contributed by atoms with E-state index in [0.29, 0.717) is 12.2 Å². The number of carbonyl (C=O) groups is 1. The highest BCUT2D eigenvalue weighted by Gasteiger charge is 2.22. The van der Waals surface area contributed by atoms with E-state index >= 15 is 0 Å². The molecule has 6 heteroatoms. The Kier molecular flexibility index (Phi) is 5.31. The van der Waals surface area contributed by atoms with Crippen LogP contribution in [0.4, 0.5) is 0 Å². The predicted octanol–water partition coefficient (Wildman–Crippen LogP) is 3.74. The lowest BCUT2D eigenvalue weighted by atomic mass is 10.1. The number of thiazole rings is 1. The third-order valence-electron chi connectivity index (χ3n) is 3.94. The maximum atomic E-state index is 12.7. The molecule has 3 rings (SSSR count). The summed E-state index contributed by atoms with van der Waals surface area (Å²) in [5.41, 5.74) is 1.49. The Morgan fingerprint density at radius 1 is 1.24 bits per heavy atom. The summed E-state index contributed by atoms with van der Waals surface area (Å²) in [5, 5.41) is 3.87. The molecule has 2 heterocycles. The summed E-state index contributed by atoms with van der Waals surface area (Å²) in [6.45, 7) is 2.36. The maximum absolute atomic E-state index is 12.7. The van der Waals surface area contributed by atoms with Crippen LogP contribution in [0.2, 0.25) is 0 Å². The highest BCUT2D eigenvalue weighted by molar-refractivity contribution is 7.15. The number of hydrogen-bond acceptors (Lipinski definition) is 5. The molecule has 0 radical (unpaired) electrons. The number of aryl methyl sites for hydroxylation is 1. The number of furan rings is 1. The molecule has 0 spiro atoms. The Morgan fingerprint density at radius 2 is 2.00 bits per heavy atom. The van der Waals surface area contributed by atoms with Crippen molar-refractivity contribution in [3.05, 3.63) is 65.2 Å². The Labute approximate surface area is 151 Å². The highest BCUT2D eigenvalue weighted by Crippen LogP contribution is 2.30. The molecule has 1 atom stereocenters. The van der Waals surface area contributed by atoms with Crippen LogP contribution in [-0.4, -0.2) is 36.4 Å². The summed E-state index contributed by atoms with van der Waals surface area (Å²) >= 11 is 1.53. The number of carbonyl (C=O) groups excluding carboxylic acids is 1. The van der Waals surface area contributed by atoms with Gasteiger partial charge in [0.1, 0.15) is 11.5 Å². The van der Waals surface area contributed by atoms with Crippen LogP contribution in [0.3, 0.4) is 0 Å². The van der Waals surface area contributed by atoms with E-state index in [0.717, 1.165) is 21.2 Å². The molecule has 0 bridgehead atoms.